The number of nitrogens with zero attached hydrogens (tertiary/aromatic N) is 6. The number of hydrogen-bond acceptors (Lipinski definition) is 5. The Hall–Kier alpha value is -2.70. The second-order valence-electron chi connectivity index (χ2n) is 6.16. The smallest absolute Gasteiger partial charge is 0.154 e. The minimum atomic E-state index is -0.0156. The maximum atomic E-state index is 5.31. The maximum absolute atomic E-state index is 5.31. The Bertz CT molecular complexity index is 821. The lowest BCUT2D eigenvalue weighted by molar-refractivity contribution is 0.413. The van der Waals surface area contributed by atoms with E-state index in [0.717, 1.165) is 23.0 Å². The third-order valence-corrected chi connectivity index (χ3v) is 4.33. The monoisotopic (exact) mass is 324 g/mol. The van der Waals surface area contributed by atoms with Gasteiger partial charge >= 0.3 is 0 Å². The Balaban J connectivity index is 1.67. The summed E-state index contributed by atoms with van der Waals surface area (Å²) in [5.74, 6) is 3.21. The molecular formula is C17H20N6O. The van der Waals surface area contributed by atoms with E-state index in [9.17, 15) is 0 Å². The second kappa shape index (κ2) is 6.07. The highest BCUT2D eigenvalue weighted by atomic mass is 16.5. The van der Waals surface area contributed by atoms with Crippen molar-refractivity contribution in [1.82, 2.24) is 29.5 Å². The lowest BCUT2D eigenvalue weighted by Crippen LogP contribution is -2.15. The molecule has 0 saturated heterocycles. The van der Waals surface area contributed by atoms with E-state index in [1.807, 2.05) is 27.6 Å². The first-order chi connectivity index (χ1) is 11.7. The van der Waals surface area contributed by atoms with Crippen LogP contribution >= 0.6 is 0 Å². The van der Waals surface area contributed by atoms with Crippen LogP contribution in [0.1, 0.15) is 48.9 Å². The van der Waals surface area contributed by atoms with Crippen molar-refractivity contribution in [2.24, 2.45) is 0 Å². The van der Waals surface area contributed by atoms with Gasteiger partial charge in [0.15, 0.2) is 11.6 Å². The van der Waals surface area contributed by atoms with E-state index >= 15 is 0 Å². The van der Waals surface area contributed by atoms with Gasteiger partial charge in [-0.3, -0.25) is 0 Å². The van der Waals surface area contributed by atoms with E-state index in [1.165, 1.54) is 12.8 Å². The normalized spacial score (nSPS) is 15.4. The number of rotatable bonds is 6. The molecule has 7 nitrogen and oxygen atoms in total. The van der Waals surface area contributed by atoms with Gasteiger partial charge in [-0.15, -0.1) is 0 Å². The van der Waals surface area contributed by atoms with Gasteiger partial charge in [0, 0.05) is 5.92 Å². The van der Waals surface area contributed by atoms with Crippen LogP contribution in [0.5, 0.6) is 5.75 Å². The summed E-state index contributed by atoms with van der Waals surface area (Å²) in [7, 11) is 1.68. The van der Waals surface area contributed by atoms with Gasteiger partial charge in [0.25, 0.3) is 0 Å². The van der Waals surface area contributed by atoms with Crippen molar-refractivity contribution < 1.29 is 4.74 Å². The molecule has 2 aromatic heterocycles. The van der Waals surface area contributed by atoms with Crippen LogP contribution in [-0.4, -0.2) is 36.6 Å². The zero-order valence-corrected chi connectivity index (χ0v) is 13.8. The topological polar surface area (TPSA) is 70.7 Å². The molecule has 1 aliphatic carbocycles. The summed E-state index contributed by atoms with van der Waals surface area (Å²) in [6, 6.07) is 8.03. The van der Waals surface area contributed by atoms with Crippen LogP contribution in [0.3, 0.4) is 0 Å². The first-order valence-electron chi connectivity index (χ1n) is 8.16. The Morgan fingerprint density at radius 1 is 1.33 bits per heavy atom. The third-order valence-electron chi connectivity index (χ3n) is 4.33. The fraction of sp³-hybridized carbons (Fsp3) is 0.412. The van der Waals surface area contributed by atoms with Crippen LogP contribution in [0, 0.1) is 0 Å². The van der Waals surface area contributed by atoms with Crippen molar-refractivity contribution in [2.45, 2.75) is 38.3 Å². The standard InChI is InChI=1S/C17H20N6O/c1-12(23-11-18-10-19-23)17-20-16(14-6-7-14)21-22(17)9-13-4-3-5-15(8-13)24-2/h3-5,8,10-12,14H,6-7,9H2,1-2H3/t12-/m1/s1. The van der Waals surface area contributed by atoms with Gasteiger partial charge in [-0.25, -0.2) is 19.3 Å². The summed E-state index contributed by atoms with van der Waals surface area (Å²) >= 11 is 0. The molecule has 0 unspecified atom stereocenters. The van der Waals surface area contributed by atoms with Gasteiger partial charge in [0.05, 0.1) is 13.7 Å². The van der Waals surface area contributed by atoms with E-state index in [0.29, 0.717) is 12.5 Å². The van der Waals surface area contributed by atoms with Gasteiger partial charge in [-0.05, 0) is 37.5 Å². The molecule has 1 aliphatic rings. The van der Waals surface area contributed by atoms with Gasteiger partial charge in [-0.1, -0.05) is 12.1 Å². The molecule has 0 amide bonds. The van der Waals surface area contributed by atoms with E-state index in [-0.39, 0.29) is 6.04 Å². The molecule has 1 aromatic carbocycles. The summed E-state index contributed by atoms with van der Waals surface area (Å²) in [6.45, 7) is 2.72. The van der Waals surface area contributed by atoms with Crippen LogP contribution in [0.15, 0.2) is 36.9 Å². The number of methoxy groups -OCH3 is 1. The zero-order chi connectivity index (χ0) is 16.5. The van der Waals surface area contributed by atoms with Gasteiger partial charge in [0.1, 0.15) is 24.4 Å². The van der Waals surface area contributed by atoms with Crippen molar-refractivity contribution in [1.29, 1.82) is 0 Å². The maximum Gasteiger partial charge on any atom is 0.154 e. The number of benzene rings is 1. The molecule has 1 fully saturated rings. The van der Waals surface area contributed by atoms with Crippen LogP contribution in [0.2, 0.25) is 0 Å². The third kappa shape index (κ3) is 2.89. The average Bonchev–Trinajstić information content (AvgIpc) is 3.15. The highest BCUT2D eigenvalue weighted by molar-refractivity contribution is 5.28. The summed E-state index contributed by atoms with van der Waals surface area (Å²) in [5.41, 5.74) is 1.13. The van der Waals surface area contributed by atoms with Gasteiger partial charge in [-0.2, -0.15) is 10.2 Å². The second-order valence-corrected chi connectivity index (χ2v) is 6.16. The van der Waals surface area contributed by atoms with Crippen LogP contribution < -0.4 is 4.74 Å². The van der Waals surface area contributed by atoms with Crippen molar-refractivity contribution in [3.05, 3.63) is 54.1 Å². The minimum Gasteiger partial charge on any atom is -0.497 e. The highest BCUT2D eigenvalue weighted by Crippen LogP contribution is 2.38. The first-order valence-corrected chi connectivity index (χ1v) is 8.16. The van der Waals surface area contributed by atoms with Crippen LogP contribution in [0.4, 0.5) is 0 Å². The quantitative estimate of drug-likeness (QED) is 0.696. The Kier molecular flexibility index (Phi) is 3.76. The minimum absolute atomic E-state index is 0.0156. The van der Waals surface area contributed by atoms with Crippen molar-refractivity contribution in [3.8, 4) is 5.75 Å². The van der Waals surface area contributed by atoms with E-state index in [2.05, 4.69) is 23.1 Å². The molecule has 124 valence electrons. The van der Waals surface area contributed by atoms with E-state index in [1.54, 1.807) is 19.8 Å². The molecule has 3 aromatic rings. The Morgan fingerprint density at radius 2 is 2.21 bits per heavy atom. The first kappa shape index (κ1) is 14.9. The molecule has 4 rings (SSSR count). The molecule has 0 aliphatic heterocycles. The molecule has 0 bridgehead atoms. The largest absolute Gasteiger partial charge is 0.497 e. The van der Waals surface area contributed by atoms with Crippen molar-refractivity contribution in [2.75, 3.05) is 7.11 Å². The fourth-order valence-electron chi connectivity index (χ4n) is 2.79. The lowest BCUT2D eigenvalue weighted by atomic mass is 10.2. The van der Waals surface area contributed by atoms with E-state index in [4.69, 9.17) is 14.8 Å². The van der Waals surface area contributed by atoms with Crippen molar-refractivity contribution >= 4 is 0 Å². The number of hydrogen-bond donors (Lipinski definition) is 0. The number of aromatic nitrogens is 6. The van der Waals surface area contributed by atoms with Crippen LogP contribution in [-0.2, 0) is 6.54 Å². The Labute approximate surface area is 140 Å². The molecular weight excluding hydrogens is 304 g/mol. The molecule has 0 radical (unpaired) electrons. The zero-order valence-electron chi connectivity index (χ0n) is 13.8. The number of ether oxygens (including phenoxy) is 1. The lowest BCUT2D eigenvalue weighted by Gasteiger charge is -2.13. The molecule has 1 atom stereocenters. The molecule has 7 heteroatoms. The van der Waals surface area contributed by atoms with Gasteiger partial charge in [0.2, 0.25) is 0 Å². The molecule has 0 N–H and O–H groups in total. The molecule has 24 heavy (non-hydrogen) atoms. The summed E-state index contributed by atoms with van der Waals surface area (Å²) in [6.07, 6.45) is 5.62. The predicted molar refractivity (Wildman–Crippen MR) is 87.9 cm³/mol. The van der Waals surface area contributed by atoms with Crippen LogP contribution in [0.25, 0.3) is 0 Å². The summed E-state index contributed by atoms with van der Waals surface area (Å²) in [4.78, 5) is 8.84. The summed E-state index contributed by atoms with van der Waals surface area (Å²) < 4.78 is 9.10. The predicted octanol–water partition coefficient (Wildman–Crippen LogP) is 2.41. The molecule has 1 saturated carbocycles. The molecule has 0 spiro atoms. The fourth-order valence-corrected chi connectivity index (χ4v) is 2.79. The highest BCUT2D eigenvalue weighted by Gasteiger charge is 2.30. The average molecular weight is 324 g/mol. The van der Waals surface area contributed by atoms with Crippen molar-refractivity contribution in [3.63, 3.8) is 0 Å². The summed E-state index contributed by atoms with van der Waals surface area (Å²) in [5, 5.41) is 9.00. The molecule has 2 heterocycles. The Morgan fingerprint density at radius 3 is 2.92 bits per heavy atom. The van der Waals surface area contributed by atoms with Gasteiger partial charge < -0.3 is 4.74 Å². The van der Waals surface area contributed by atoms with E-state index < -0.39 is 0 Å². The SMILES string of the molecule is COc1cccc(Cn2nc(C3CC3)nc2[C@@H](C)n2cncn2)c1.